The molecule has 2 aromatic rings. The number of carbonyl (C=O) groups is 2. The monoisotopic (exact) mass is 364 g/mol. The van der Waals surface area contributed by atoms with Gasteiger partial charge in [0.1, 0.15) is 0 Å². The third-order valence-corrected chi connectivity index (χ3v) is 5.29. The van der Waals surface area contributed by atoms with Crippen molar-refractivity contribution in [3.05, 3.63) is 54.4 Å². The van der Waals surface area contributed by atoms with Gasteiger partial charge in [0, 0.05) is 56.4 Å². The minimum atomic E-state index is -0.313. The quantitative estimate of drug-likeness (QED) is 0.886. The molecule has 27 heavy (non-hydrogen) atoms. The van der Waals surface area contributed by atoms with E-state index in [0.717, 1.165) is 24.3 Å². The van der Waals surface area contributed by atoms with Gasteiger partial charge in [-0.15, -0.1) is 0 Å². The number of hydrogen-bond donors (Lipinski definition) is 1. The molecule has 0 bridgehead atoms. The molecular formula is C21H24N4O2. The number of carbonyl (C=O) groups excluding carboxylic acids is 2. The van der Waals surface area contributed by atoms with E-state index >= 15 is 0 Å². The van der Waals surface area contributed by atoms with Gasteiger partial charge >= 0.3 is 0 Å². The zero-order valence-corrected chi connectivity index (χ0v) is 15.3. The largest absolute Gasteiger partial charge is 0.372 e. The first-order valence-corrected chi connectivity index (χ1v) is 9.51. The second kappa shape index (κ2) is 7.78. The van der Waals surface area contributed by atoms with Crippen LogP contribution in [-0.2, 0) is 16.1 Å². The molecule has 140 valence electrons. The fraction of sp³-hybridized carbons (Fsp3) is 0.381. The van der Waals surface area contributed by atoms with Crippen LogP contribution in [0.4, 0.5) is 11.4 Å². The lowest BCUT2D eigenvalue weighted by atomic mass is 10.1. The van der Waals surface area contributed by atoms with Crippen LogP contribution >= 0.6 is 0 Å². The summed E-state index contributed by atoms with van der Waals surface area (Å²) in [4.78, 5) is 33.0. The number of nitrogens with zero attached hydrogens (tertiary/aromatic N) is 3. The second-order valence-electron chi connectivity index (χ2n) is 7.27. The molecular weight excluding hydrogens is 340 g/mol. The van der Waals surface area contributed by atoms with E-state index in [-0.39, 0.29) is 24.2 Å². The Labute approximate surface area is 159 Å². The summed E-state index contributed by atoms with van der Waals surface area (Å²) in [5, 5.41) is 2.96. The summed E-state index contributed by atoms with van der Waals surface area (Å²) in [6.07, 6.45) is 6.20. The van der Waals surface area contributed by atoms with Crippen molar-refractivity contribution < 1.29 is 9.59 Å². The number of amides is 2. The predicted octanol–water partition coefficient (Wildman–Crippen LogP) is 2.67. The summed E-state index contributed by atoms with van der Waals surface area (Å²) in [7, 11) is 0. The van der Waals surface area contributed by atoms with E-state index in [9.17, 15) is 9.59 Å². The Hall–Kier alpha value is -2.89. The molecule has 0 saturated carbocycles. The fourth-order valence-corrected chi connectivity index (χ4v) is 3.79. The second-order valence-corrected chi connectivity index (χ2v) is 7.27. The van der Waals surface area contributed by atoms with Crippen LogP contribution in [-0.4, -0.2) is 41.3 Å². The number of likely N-dealkylation sites (tertiary alicyclic amines) is 1. The standard InChI is InChI=1S/C21H24N4O2/c26-20-12-17(15-25(20)14-16-4-3-9-22-13-16)21(27)23-18-5-7-19(8-6-18)24-10-1-2-11-24/h3-9,13,17H,1-2,10-12,14-15H2,(H,23,27). The fourth-order valence-electron chi connectivity index (χ4n) is 3.79. The molecule has 2 aliphatic heterocycles. The van der Waals surface area contributed by atoms with Gasteiger partial charge in [-0.25, -0.2) is 0 Å². The molecule has 0 aliphatic carbocycles. The topological polar surface area (TPSA) is 65.5 Å². The van der Waals surface area contributed by atoms with E-state index in [1.165, 1.54) is 18.5 Å². The summed E-state index contributed by atoms with van der Waals surface area (Å²) in [6.45, 7) is 3.15. The molecule has 2 amide bonds. The van der Waals surface area contributed by atoms with Crippen molar-refractivity contribution in [1.82, 2.24) is 9.88 Å². The molecule has 2 saturated heterocycles. The van der Waals surface area contributed by atoms with Crippen LogP contribution in [0, 0.1) is 5.92 Å². The van der Waals surface area contributed by atoms with E-state index in [4.69, 9.17) is 0 Å². The van der Waals surface area contributed by atoms with Crippen LogP contribution in [0.3, 0.4) is 0 Å². The van der Waals surface area contributed by atoms with Crippen molar-refractivity contribution in [2.24, 2.45) is 5.92 Å². The number of nitrogens with one attached hydrogen (secondary N) is 1. The third kappa shape index (κ3) is 4.10. The Morgan fingerprint density at radius 2 is 1.93 bits per heavy atom. The Bertz CT molecular complexity index is 801. The first kappa shape index (κ1) is 17.5. The van der Waals surface area contributed by atoms with Gasteiger partial charge in [-0.05, 0) is 48.7 Å². The minimum absolute atomic E-state index is 0.0170. The van der Waals surface area contributed by atoms with Crippen molar-refractivity contribution in [2.45, 2.75) is 25.8 Å². The summed E-state index contributed by atoms with van der Waals surface area (Å²) < 4.78 is 0. The molecule has 6 heteroatoms. The Morgan fingerprint density at radius 3 is 2.63 bits per heavy atom. The minimum Gasteiger partial charge on any atom is -0.372 e. The van der Waals surface area contributed by atoms with E-state index < -0.39 is 0 Å². The highest BCUT2D eigenvalue weighted by Gasteiger charge is 2.34. The maximum atomic E-state index is 12.6. The van der Waals surface area contributed by atoms with E-state index in [0.29, 0.717) is 13.1 Å². The van der Waals surface area contributed by atoms with Crippen LogP contribution < -0.4 is 10.2 Å². The Balaban J connectivity index is 1.33. The first-order valence-electron chi connectivity index (χ1n) is 9.51. The number of rotatable bonds is 5. The van der Waals surface area contributed by atoms with Gasteiger partial charge in [0.25, 0.3) is 0 Å². The number of anilines is 2. The van der Waals surface area contributed by atoms with Gasteiger partial charge in [0.15, 0.2) is 0 Å². The molecule has 2 aliphatic rings. The maximum Gasteiger partial charge on any atom is 0.229 e. The van der Waals surface area contributed by atoms with Crippen molar-refractivity contribution in [3.8, 4) is 0 Å². The van der Waals surface area contributed by atoms with Crippen LogP contribution in [0.1, 0.15) is 24.8 Å². The molecule has 0 radical (unpaired) electrons. The summed E-state index contributed by atoms with van der Waals surface area (Å²) in [5.41, 5.74) is 2.95. The smallest absolute Gasteiger partial charge is 0.229 e. The van der Waals surface area contributed by atoms with Gasteiger partial charge in [0.05, 0.1) is 5.92 Å². The molecule has 2 fully saturated rings. The van der Waals surface area contributed by atoms with Crippen LogP contribution in [0.15, 0.2) is 48.8 Å². The lowest BCUT2D eigenvalue weighted by molar-refractivity contribution is -0.128. The van der Waals surface area contributed by atoms with Crippen molar-refractivity contribution >= 4 is 23.2 Å². The number of hydrogen-bond acceptors (Lipinski definition) is 4. The van der Waals surface area contributed by atoms with Crippen molar-refractivity contribution in [3.63, 3.8) is 0 Å². The summed E-state index contributed by atoms with van der Waals surface area (Å²) in [6, 6.07) is 11.8. The van der Waals surface area contributed by atoms with Gasteiger partial charge in [-0.3, -0.25) is 14.6 Å². The maximum absolute atomic E-state index is 12.6. The van der Waals surface area contributed by atoms with Gasteiger partial charge in [-0.1, -0.05) is 6.07 Å². The lowest BCUT2D eigenvalue weighted by Gasteiger charge is -2.18. The van der Waals surface area contributed by atoms with Crippen LogP contribution in [0.25, 0.3) is 0 Å². The molecule has 0 spiro atoms. The first-order chi connectivity index (χ1) is 13.2. The number of pyridine rings is 1. The van der Waals surface area contributed by atoms with Crippen molar-refractivity contribution in [1.29, 1.82) is 0 Å². The summed E-state index contributed by atoms with van der Waals surface area (Å²) >= 11 is 0. The normalized spacial score (nSPS) is 19.6. The van der Waals surface area contributed by atoms with Gasteiger partial charge in [-0.2, -0.15) is 0 Å². The molecule has 1 N–H and O–H groups in total. The molecule has 1 atom stereocenters. The van der Waals surface area contributed by atoms with Gasteiger partial charge in [0.2, 0.25) is 11.8 Å². The van der Waals surface area contributed by atoms with E-state index in [1.54, 1.807) is 17.3 Å². The average molecular weight is 364 g/mol. The van der Waals surface area contributed by atoms with Crippen LogP contribution in [0.2, 0.25) is 0 Å². The highest BCUT2D eigenvalue weighted by atomic mass is 16.2. The molecule has 6 nitrogen and oxygen atoms in total. The Morgan fingerprint density at radius 1 is 1.15 bits per heavy atom. The van der Waals surface area contributed by atoms with E-state index in [2.05, 4.69) is 27.3 Å². The molecule has 3 heterocycles. The lowest BCUT2D eigenvalue weighted by Crippen LogP contribution is -2.28. The predicted molar refractivity (Wildman–Crippen MR) is 104 cm³/mol. The molecule has 4 rings (SSSR count). The van der Waals surface area contributed by atoms with Crippen LogP contribution in [0.5, 0.6) is 0 Å². The summed E-state index contributed by atoms with van der Waals surface area (Å²) in [5.74, 6) is -0.387. The molecule has 1 unspecified atom stereocenters. The Kier molecular flexibility index (Phi) is 5.05. The molecule has 1 aromatic carbocycles. The van der Waals surface area contributed by atoms with Crippen molar-refractivity contribution in [2.75, 3.05) is 29.9 Å². The molecule has 1 aromatic heterocycles. The van der Waals surface area contributed by atoms with Gasteiger partial charge < -0.3 is 15.1 Å². The average Bonchev–Trinajstić information content (AvgIpc) is 3.34. The number of aromatic nitrogens is 1. The number of benzene rings is 1. The third-order valence-electron chi connectivity index (χ3n) is 5.29. The zero-order chi connectivity index (χ0) is 18.6. The zero-order valence-electron chi connectivity index (χ0n) is 15.3. The highest BCUT2D eigenvalue weighted by molar-refractivity contribution is 5.97. The SMILES string of the molecule is O=C(Nc1ccc(N2CCCC2)cc1)C1CC(=O)N(Cc2cccnc2)C1. The highest BCUT2D eigenvalue weighted by Crippen LogP contribution is 2.24. The van der Waals surface area contributed by atoms with E-state index in [1.807, 2.05) is 24.3 Å².